The molecule has 2 aromatic carbocycles. The summed E-state index contributed by atoms with van der Waals surface area (Å²) in [5.74, 6) is -0.214. The SMILES string of the molecule is C[C@@H](CC(=O)N[C@H](Cc1ccccc1)C(=O)Nc1nnc(-c2cccc(Br)c2)s1)CC(C)(C)C. The number of amides is 2. The molecule has 2 N–H and O–H groups in total. The van der Waals surface area contributed by atoms with E-state index >= 15 is 0 Å². The van der Waals surface area contributed by atoms with E-state index in [1.54, 1.807) is 0 Å². The lowest BCUT2D eigenvalue weighted by Crippen LogP contribution is -2.45. The van der Waals surface area contributed by atoms with E-state index in [4.69, 9.17) is 0 Å². The number of hydrogen-bond donors (Lipinski definition) is 2. The molecule has 34 heavy (non-hydrogen) atoms. The number of benzene rings is 2. The van der Waals surface area contributed by atoms with E-state index < -0.39 is 6.04 Å². The van der Waals surface area contributed by atoms with Crippen molar-refractivity contribution in [1.29, 1.82) is 0 Å². The van der Waals surface area contributed by atoms with E-state index in [-0.39, 0.29) is 23.1 Å². The first kappa shape index (κ1) is 26.0. The summed E-state index contributed by atoms with van der Waals surface area (Å²) >= 11 is 4.75. The second-order valence-corrected chi connectivity index (χ2v) is 11.7. The Morgan fingerprint density at radius 3 is 2.47 bits per heavy atom. The Hall–Kier alpha value is -2.58. The number of nitrogens with zero attached hydrogens (tertiary/aromatic N) is 2. The van der Waals surface area contributed by atoms with Crippen LogP contribution < -0.4 is 10.6 Å². The normalized spacial score (nSPS) is 13.2. The molecule has 2 atom stereocenters. The van der Waals surface area contributed by atoms with Crippen molar-refractivity contribution in [3.8, 4) is 10.6 Å². The summed E-state index contributed by atoms with van der Waals surface area (Å²) in [4.78, 5) is 26.0. The molecule has 180 valence electrons. The van der Waals surface area contributed by atoms with Crippen LogP contribution in [0.2, 0.25) is 0 Å². The van der Waals surface area contributed by atoms with Crippen LogP contribution in [0.5, 0.6) is 0 Å². The molecule has 0 aliphatic heterocycles. The average Bonchev–Trinajstić information content (AvgIpc) is 3.21. The quantitative estimate of drug-likeness (QED) is 0.342. The van der Waals surface area contributed by atoms with Crippen molar-refractivity contribution < 1.29 is 9.59 Å². The van der Waals surface area contributed by atoms with E-state index in [9.17, 15) is 9.59 Å². The van der Waals surface area contributed by atoms with Crippen molar-refractivity contribution in [2.45, 2.75) is 53.0 Å². The Balaban J connectivity index is 1.70. The van der Waals surface area contributed by atoms with Gasteiger partial charge in [-0.15, -0.1) is 10.2 Å². The number of hydrogen-bond acceptors (Lipinski definition) is 5. The van der Waals surface area contributed by atoms with Gasteiger partial charge in [-0.05, 0) is 35.4 Å². The number of carbonyl (C=O) groups is 2. The smallest absolute Gasteiger partial charge is 0.249 e. The molecule has 0 saturated heterocycles. The van der Waals surface area contributed by atoms with Gasteiger partial charge in [0.25, 0.3) is 0 Å². The minimum absolute atomic E-state index is 0.125. The number of carbonyl (C=O) groups excluding carboxylic acids is 2. The highest BCUT2D eigenvalue weighted by atomic mass is 79.9. The molecule has 1 heterocycles. The van der Waals surface area contributed by atoms with Crippen molar-refractivity contribution in [1.82, 2.24) is 15.5 Å². The second kappa shape index (κ2) is 11.7. The molecule has 0 radical (unpaired) electrons. The van der Waals surface area contributed by atoms with Gasteiger partial charge in [-0.1, -0.05) is 97.4 Å². The van der Waals surface area contributed by atoms with Crippen LogP contribution in [0.15, 0.2) is 59.1 Å². The van der Waals surface area contributed by atoms with Gasteiger partial charge in [0.15, 0.2) is 0 Å². The van der Waals surface area contributed by atoms with Crippen LogP contribution in [-0.2, 0) is 16.0 Å². The third-order valence-corrected chi connectivity index (χ3v) is 6.54. The highest BCUT2D eigenvalue weighted by Crippen LogP contribution is 2.28. The van der Waals surface area contributed by atoms with E-state index in [0.717, 1.165) is 22.0 Å². The Labute approximate surface area is 213 Å². The van der Waals surface area contributed by atoms with Gasteiger partial charge in [-0.2, -0.15) is 0 Å². The number of nitrogens with one attached hydrogen (secondary N) is 2. The fraction of sp³-hybridized carbons (Fsp3) is 0.385. The van der Waals surface area contributed by atoms with Crippen molar-refractivity contribution >= 4 is 44.2 Å². The summed E-state index contributed by atoms with van der Waals surface area (Å²) in [6.07, 6.45) is 1.70. The fourth-order valence-electron chi connectivity index (χ4n) is 3.95. The Bertz CT molecular complexity index is 1110. The molecule has 3 aromatic rings. The monoisotopic (exact) mass is 542 g/mol. The first-order chi connectivity index (χ1) is 16.1. The predicted molar refractivity (Wildman–Crippen MR) is 142 cm³/mol. The fourth-order valence-corrected chi connectivity index (χ4v) is 5.09. The standard InChI is InChI=1S/C26H31BrN4O2S/c1-17(16-26(2,3)4)13-22(32)28-21(14-18-9-6-5-7-10-18)23(33)29-25-31-30-24(34-25)19-11-8-12-20(27)15-19/h5-12,15,17,21H,13-14,16H2,1-4H3,(H,28,32)(H,29,31,33)/t17-,21+/m0/s1. The first-order valence-electron chi connectivity index (χ1n) is 11.3. The van der Waals surface area contributed by atoms with Crippen LogP contribution >= 0.6 is 27.3 Å². The Morgan fingerprint density at radius 1 is 1.06 bits per heavy atom. The molecule has 0 bridgehead atoms. The van der Waals surface area contributed by atoms with Crippen LogP contribution in [0.4, 0.5) is 5.13 Å². The lowest BCUT2D eigenvalue weighted by molar-refractivity contribution is -0.127. The van der Waals surface area contributed by atoms with Crippen LogP contribution in [-0.4, -0.2) is 28.1 Å². The molecule has 0 fully saturated rings. The highest BCUT2D eigenvalue weighted by Gasteiger charge is 2.25. The molecule has 0 saturated carbocycles. The first-order valence-corrected chi connectivity index (χ1v) is 12.9. The number of halogens is 1. The van der Waals surface area contributed by atoms with Gasteiger partial charge < -0.3 is 5.32 Å². The maximum Gasteiger partial charge on any atom is 0.249 e. The lowest BCUT2D eigenvalue weighted by Gasteiger charge is -2.24. The summed E-state index contributed by atoms with van der Waals surface area (Å²) < 4.78 is 0.942. The molecule has 2 amide bonds. The molecule has 0 unspecified atom stereocenters. The number of rotatable bonds is 9. The van der Waals surface area contributed by atoms with Crippen molar-refractivity contribution in [2.75, 3.05) is 5.32 Å². The van der Waals surface area contributed by atoms with E-state index in [2.05, 4.69) is 64.5 Å². The molecule has 0 spiro atoms. The molecular formula is C26H31BrN4O2S. The minimum Gasteiger partial charge on any atom is -0.344 e. The van der Waals surface area contributed by atoms with Crippen molar-refractivity contribution in [3.63, 3.8) is 0 Å². The van der Waals surface area contributed by atoms with Gasteiger partial charge in [0.05, 0.1) is 0 Å². The third-order valence-electron chi connectivity index (χ3n) is 5.16. The molecule has 1 aromatic heterocycles. The zero-order chi connectivity index (χ0) is 24.7. The van der Waals surface area contributed by atoms with Gasteiger partial charge >= 0.3 is 0 Å². The molecule has 8 heteroatoms. The van der Waals surface area contributed by atoms with Gasteiger partial charge in [-0.3, -0.25) is 14.9 Å². The maximum absolute atomic E-state index is 13.2. The Morgan fingerprint density at radius 2 is 1.79 bits per heavy atom. The third kappa shape index (κ3) is 8.33. The molecule has 6 nitrogen and oxygen atoms in total. The van der Waals surface area contributed by atoms with Gasteiger partial charge in [0.2, 0.25) is 16.9 Å². The average molecular weight is 544 g/mol. The van der Waals surface area contributed by atoms with E-state index in [1.165, 1.54) is 11.3 Å². The second-order valence-electron chi connectivity index (χ2n) is 9.80. The summed E-state index contributed by atoms with van der Waals surface area (Å²) in [5, 5.41) is 15.2. The van der Waals surface area contributed by atoms with E-state index in [0.29, 0.717) is 23.0 Å². The van der Waals surface area contributed by atoms with Crippen LogP contribution in [0.3, 0.4) is 0 Å². The van der Waals surface area contributed by atoms with Gasteiger partial charge in [-0.25, -0.2) is 0 Å². The molecular weight excluding hydrogens is 512 g/mol. The summed E-state index contributed by atoms with van der Waals surface area (Å²) in [7, 11) is 0. The van der Waals surface area contributed by atoms with E-state index in [1.807, 2.05) is 54.6 Å². The topological polar surface area (TPSA) is 84.0 Å². The van der Waals surface area contributed by atoms with Crippen molar-refractivity contribution in [2.24, 2.45) is 11.3 Å². The maximum atomic E-state index is 13.2. The number of anilines is 1. The zero-order valence-electron chi connectivity index (χ0n) is 20.0. The largest absolute Gasteiger partial charge is 0.344 e. The molecule has 3 rings (SSSR count). The molecule has 0 aliphatic rings. The number of aromatic nitrogens is 2. The van der Waals surface area contributed by atoms with Crippen LogP contribution in [0, 0.1) is 11.3 Å². The van der Waals surface area contributed by atoms with Crippen LogP contribution in [0.25, 0.3) is 10.6 Å². The zero-order valence-corrected chi connectivity index (χ0v) is 22.4. The van der Waals surface area contributed by atoms with Crippen LogP contribution in [0.1, 0.15) is 46.1 Å². The predicted octanol–water partition coefficient (Wildman–Crippen LogP) is 6.10. The van der Waals surface area contributed by atoms with Crippen molar-refractivity contribution in [3.05, 3.63) is 64.6 Å². The summed E-state index contributed by atoms with van der Waals surface area (Å²) in [6.45, 7) is 8.56. The summed E-state index contributed by atoms with van der Waals surface area (Å²) in [6, 6.07) is 16.7. The highest BCUT2D eigenvalue weighted by molar-refractivity contribution is 9.10. The van der Waals surface area contributed by atoms with Gasteiger partial charge in [0.1, 0.15) is 11.0 Å². The minimum atomic E-state index is -0.713. The Kier molecular flexibility index (Phi) is 8.97. The van der Waals surface area contributed by atoms with Gasteiger partial charge in [0, 0.05) is 22.9 Å². The lowest BCUT2D eigenvalue weighted by atomic mass is 9.84. The summed E-state index contributed by atoms with van der Waals surface area (Å²) in [5.41, 5.74) is 2.02. The molecule has 0 aliphatic carbocycles.